The Morgan fingerprint density at radius 3 is 2.87 bits per heavy atom. The molecule has 6 nitrogen and oxygen atoms in total. The normalized spacial score (nSPS) is 14.4. The molecule has 7 heteroatoms. The lowest BCUT2D eigenvalue weighted by Gasteiger charge is -2.07. The lowest BCUT2D eigenvalue weighted by Crippen LogP contribution is -2.02. The van der Waals surface area contributed by atoms with Crippen LogP contribution in [0.4, 0.5) is 0 Å². The maximum atomic E-state index is 4.75. The van der Waals surface area contributed by atoms with Crippen LogP contribution in [0.2, 0.25) is 0 Å². The third kappa shape index (κ3) is 2.12. The van der Waals surface area contributed by atoms with E-state index in [1.807, 2.05) is 28.3 Å². The molecule has 0 saturated heterocycles. The average molecular weight is 320 g/mol. The largest absolute Gasteiger partial charge is 0.254 e. The smallest absolute Gasteiger partial charge is 0.184 e. The van der Waals surface area contributed by atoms with Crippen molar-refractivity contribution in [1.82, 2.24) is 29.3 Å². The number of pyridine rings is 1. The molecule has 112 valence electrons. The topological polar surface area (TPSA) is 69.4 Å². The molecule has 0 atom stereocenters. The third-order valence-electron chi connectivity index (χ3n) is 3.99. The Labute approximate surface area is 136 Å². The third-order valence-corrected chi connectivity index (χ3v) is 4.50. The lowest BCUT2D eigenvalue weighted by atomic mass is 10.2. The first kappa shape index (κ1) is 12.8. The second kappa shape index (κ2) is 4.92. The predicted molar refractivity (Wildman–Crippen MR) is 87.5 cm³/mol. The maximum absolute atomic E-state index is 4.75. The molecule has 1 aromatic carbocycles. The summed E-state index contributed by atoms with van der Waals surface area (Å²) in [4.78, 5) is 9.25. The zero-order chi connectivity index (χ0) is 15.2. The number of benzene rings is 1. The van der Waals surface area contributed by atoms with E-state index in [2.05, 4.69) is 26.7 Å². The zero-order valence-electron chi connectivity index (χ0n) is 12.1. The Hall–Kier alpha value is -2.67. The molecular formula is C16H12N6S. The number of aromatic nitrogens is 6. The summed E-state index contributed by atoms with van der Waals surface area (Å²) in [5.41, 5.74) is 2.58. The van der Waals surface area contributed by atoms with Gasteiger partial charge in [0.1, 0.15) is 5.69 Å². The summed E-state index contributed by atoms with van der Waals surface area (Å²) >= 11 is 1.32. The summed E-state index contributed by atoms with van der Waals surface area (Å²) in [5, 5.41) is 11.9. The van der Waals surface area contributed by atoms with Crippen LogP contribution < -0.4 is 0 Å². The minimum atomic E-state index is 0.476. The van der Waals surface area contributed by atoms with Crippen LogP contribution in [0.3, 0.4) is 0 Å². The van der Waals surface area contributed by atoms with Gasteiger partial charge in [-0.2, -0.15) is 5.10 Å². The molecule has 0 N–H and O–H groups in total. The molecule has 0 aliphatic heterocycles. The summed E-state index contributed by atoms with van der Waals surface area (Å²) in [6.45, 7) is 0. The molecule has 5 rings (SSSR count). The lowest BCUT2D eigenvalue weighted by molar-refractivity contribution is 0.840. The number of para-hydroxylation sites is 1. The van der Waals surface area contributed by atoms with Gasteiger partial charge in [0.25, 0.3) is 0 Å². The van der Waals surface area contributed by atoms with Crippen molar-refractivity contribution in [3.05, 3.63) is 47.7 Å². The van der Waals surface area contributed by atoms with Gasteiger partial charge in [0.15, 0.2) is 11.6 Å². The van der Waals surface area contributed by atoms with Crippen LogP contribution in [-0.4, -0.2) is 29.3 Å². The van der Waals surface area contributed by atoms with E-state index in [1.54, 1.807) is 6.20 Å². The molecule has 0 unspecified atom stereocenters. The van der Waals surface area contributed by atoms with Crippen molar-refractivity contribution < 1.29 is 0 Å². The summed E-state index contributed by atoms with van der Waals surface area (Å²) < 4.78 is 5.82. The van der Waals surface area contributed by atoms with Crippen molar-refractivity contribution in [2.45, 2.75) is 18.8 Å². The van der Waals surface area contributed by atoms with Crippen LogP contribution >= 0.6 is 11.5 Å². The van der Waals surface area contributed by atoms with Gasteiger partial charge < -0.3 is 0 Å². The van der Waals surface area contributed by atoms with E-state index >= 15 is 0 Å². The van der Waals surface area contributed by atoms with Crippen LogP contribution in [0.5, 0.6) is 0 Å². The van der Waals surface area contributed by atoms with E-state index in [0.717, 1.165) is 46.8 Å². The van der Waals surface area contributed by atoms with Crippen molar-refractivity contribution >= 4 is 22.4 Å². The van der Waals surface area contributed by atoms with Gasteiger partial charge in [-0.15, -0.1) is 5.10 Å². The van der Waals surface area contributed by atoms with Crippen LogP contribution in [-0.2, 0) is 0 Å². The Morgan fingerprint density at radius 1 is 1.13 bits per heavy atom. The fraction of sp³-hybridized carbons (Fsp3) is 0.188. The van der Waals surface area contributed by atoms with Crippen LogP contribution in [0.25, 0.3) is 28.1 Å². The second-order valence-electron chi connectivity index (χ2n) is 5.62. The molecule has 3 heterocycles. The summed E-state index contributed by atoms with van der Waals surface area (Å²) in [6.07, 6.45) is 4.12. The SMILES string of the molecule is c1cnc2c(-n3nc(C4CC4)nc3-c3csnn3)cccc2c1. The molecule has 1 aliphatic rings. The molecular weight excluding hydrogens is 308 g/mol. The van der Waals surface area contributed by atoms with E-state index < -0.39 is 0 Å². The zero-order valence-corrected chi connectivity index (χ0v) is 12.9. The summed E-state index contributed by atoms with van der Waals surface area (Å²) in [6, 6.07) is 10.1. The minimum Gasteiger partial charge on any atom is -0.254 e. The van der Waals surface area contributed by atoms with E-state index in [9.17, 15) is 0 Å². The first-order valence-electron chi connectivity index (χ1n) is 7.48. The molecule has 1 aliphatic carbocycles. The Balaban J connectivity index is 1.78. The molecule has 4 aromatic rings. The number of rotatable bonds is 3. The quantitative estimate of drug-likeness (QED) is 0.580. The van der Waals surface area contributed by atoms with E-state index in [4.69, 9.17) is 10.1 Å². The Kier molecular flexibility index (Phi) is 2.75. The van der Waals surface area contributed by atoms with Gasteiger partial charge in [0, 0.05) is 22.9 Å². The van der Waals surface area contributed by atoms with Crippen LogP contribution in [0.1, 0.15) is 24.6 Å². The monoisotopic (exact) mass is 320 g/mol. The van der Waals surface area contributed by atoms with Gasteiger partial charge in [-0.05, 0) is 36.5 Å². The number of hydrogen-bond acceptors (Lipinski definition) is 6. The fourth-order valence-corrected chi connectivity index (χ4v) is 3.13. The Bertz CT molecular complexity index is 982. The maximum Gasteiger partial charge on any atom is 0.184 e. The van der Waals surface area contributed by atoms with E-state index in [1.165, 1.54) is 11.5 Å². The summed E-state index contributed by atoms with van der Waals surface area (Å²) in [7, 11) is 0. The molecule has 3 aromatic heterocycles. The van der Waals surface area contributed by atoms with Gasteiger partial charge >= 0.3 is 0 Å². The molecule has 1 saturated carbocycles. The van der Waals surface area contributed by atoms with Crippen molar-refractivity contribution in [3.8, 4) is 17.2 Å². The van der Waals surface area contributed by atoms with Crippen LogP contribution in [0.15, 0.2) is 41.9 Å². The van der Waals surface area contributed by atoms with Crippen LogP contribution in [0, 0.1) is 0 Å². The highest BCUT2D eigenvalue weighted by molar-refractivity contribution is 7.03. The second-order valence-corrected chi connectivity index (χ2v) is 6.23. The number of nitrogens with zero attached hydrogens (tertiary/aromatic N) is 6. The molecule has 0 amide bonds. The van der Waals surface area contributed by atoms with Crippen molar-refractivity contribution in [2.75, 3.05) is 0 Å². The summed E-state index contributed by atoms with van der Waals surface area (Å²) in [5.74, 6) is 2.10. The van der Waals surface area contributed by atoms with E-state index in [-0.39, 0.29) is 0 Å². The highest BCUT2D eigenvalue weighted by Gasteiger charge is 2.30. The minimum absolute atomic E-state index is 0.476. The van der Waals surface area contributed by atoms with Gasteiger partial charge in [-0.3, -0.25) is 4.98 Å². The van der Waals surface area contributed by atoms with Gasteiger partial charge in [0.2, 0.25) is 0 Å². The van der Waals surface area contributed by atoms with Crippen molar-refractivity contribution in [3.63, 3.8) is 0 Å². The number of hydrogen-bond donors (Lipinski definition) is 0. The average Bonchev–Trinajstić information content (AvgIpc) is 3.12. The molecule has 0 spiro atoms. The highest BCUT2D eigenvalue weighted by atomic mass is 32.1. The highest BCUT2D eigenvalue weighted by Crippen LogP contribution is 2.39. The molecule has 0 bridgehead atoms. The Morgan fingerprint density at radius 2 is 2.04 bits per heavy atom. The van der Waals surface area contributed by atoms with Gasteiger partial charge in [0.05, 0.1) is 11.2 Å². The predicted octanol–water partition coefficient (Wildman–Crippen LogP) is 3.21. The number of fused-ring (bicyclic) bond motifs is 1. The van der Waals surface area contributed by atoms with E-state index in [0.29, 0.717) is 5.92 Å². The van der Waals surface area contributed by atoms with Crippen molar-refractivity contribution in [1.29, 1.82) is 0 Å². The first-order valence-corrected chi connectivity index (χ1v) is 8.32. The molecule has 0 radical (unpaired) electrons. The first-order chi connectivity index (χ1) is 11.4. The molecule has 23 heavy (non-hydrogen) atoms. The van der Waals surface area contributed by atoms with Gasteiger partial charge in [-0.25, -0.2) is 9.67 Å². The van der Waals surface area contributed by atoms with Gasteiger partial charge in [-0.1, -0.05) is 22.7 Å². The fourth-order valence-electron chi connectivity index (χ4n) is 2.70. The standard InChI is InChI=1S/C16H12N6S/c1-3-10-4-2-8-17-14(10)13(5-1)22-16(12-9-23-21-19-12)18-15(20-22)11-6-7-11/h1-5,8-9,11H,6-7H2. The van der Waals surface area contributed by atoms with Crippen molar-refractivity contribution in [2.24, 2.45) is 0 Å². The molecule has 1 fully saturated rings.